The van der Waals surface area contributed by atoms with Gasteiger partial charge >= 0.3 is 0 Å². The number of pyridine rings is 1. The number of halogens is 2. The maximum absolute atomic E-state index is 11.9. The second-order valence-electron chi connectivity index (χ2n) is 4.28. The van der Waals surface area contributed by atoms with Crippen molar-refractivity contribution < 1.29 is 9.90 Å². The predicted molar refractivity (Wildman–Crippen MR) is 79.0 cm³/mol. The Morgan fingerprint density at radius 1 is 1.25 bits per heavy atom. The summed E-state index contributed by atoms with van der Waals surface area (Å²) >= 11 is 11.7. The zero-order chi connectivity index (χ0) is 14.7. The maximum Gasteiger partial charge on any atom is 0.257 e. The summed E-state index contributed by atoms with van der Waals surface area (Å²) in [6.45, 7) is 1.84. The average Bonchev–Trinajstić information content (AvgIpc) is 2.39. The van der Waals surface area contributed by atoms with Crippen LogP contribution in [0, 0.1) is 6.92 Å². The Hall–Kier alpha value is -1.62. The zero-order valence-electron chi connectivity index (χ0n) is 10.6. The van der Waals surface area contributed by atoms with Gasteiger partial charge in [-0.1, -0.05) is 23.2 Å². The number of anilines is 1. The largest absolute Gasteiger partial charge is 0.378 e. The standard InChI is InChI=1S/C14H12Cl2N2O2/c1-8-2-3-12(7-17-8)18-14(20)13(19)9-4-10(15)6-11(16)5-9/h2-7,13,19H,1H3,(H,18,20). The average molecular weight is 311 g/mol. The molecule has 0 bridgehead atoms. The molecule has 1 heterocycles. The first-order valence-electron chi connectivity index (χ1n) is 5.83. The third kappa shape index (κ3) is 3.70. The fourth-order valence-corrected chi connectivity index (χ4v) is 2.18. The van der Waals surface area contributed by atoms with Crippen molar-refractivity contribution in [2.24, 2.45) is 0 Å². The smallest absolute Gasteiger partial charge is 0.257 e. The van der Waals surface area contributed by atoms with Gasteiger partial charge in [-0.3, -0.25) is 9.78 Å². The van der Waals surface area contributed by atoms with Gasteiger partial charge in [-0.15, -0.1) is 0 Å². The van der Waals surface area contributed by atoms with Crippen LogP contribution in [-0.4, -0.2) is 16.0 Å². The van der Waals surface area contributed by atoms with E-state index >= 15 is 0 Å². The van der Waals surface area contributed by atoms with Crippen LogP contribution in [0.1, 0.15) is 17.4 Å². The minimum atomic E-state index is -1.35. The summed E-state index contributed by atoms with van der Waals surface area (Å²) < 4.78 is 0. The molecule has 1 unspecified atom stereocenters. The summed E-state index contributed by atoms with van der Waals surface area (Å²) in [5.41, 5.74) is 1.68. The molecule has 1 aromatic carbocycles. The molecule has 104 valence electrons. The zero-order valence-corrected chi connectivity index (χ0v) is 12.1. The summed E-state index contributed by atoms with van der Waals surface area (Å²) in [4.78, 5) is 16.0. The molecule has 0 fully saturated rings. The van der Waals surface area contributed by atoms with Crippen molar-refractivity contribution in [2.45, 2.75) is 13.0 Å². The highest BCUT2D eigenvalue weighted by molar-refractivity contribution is 6.34. The first-order chi connectivity index (χ1) is 9.45. The van der Waals surface area contributed by atoms with Crippen LogP contribution >= 0.6 is 23.2 Å². The number of hydrogen-bond donors (Lipinski definition) is 2. The molecule has 0 spiro atoms. The van der Waals surface area contributed by atoms with Gasteiger partial charge in [0, 0.05) is 15.7 Å². The van der Waals surface area contributed by atoms with E-state index in [0.717, 1.165) is 5.69 Å². The van der Waals surface area contributed by atoms with Crippen LogP contribution in [-0.2, 0) is 4.79 Å². The molecule has 0 radical (unpaired) electrons. The number of aliphatic hydroxyl groups excluding tert-OH is 1. The summed E-state index contributed by atoms with van der Waals surface area (Å²) in [5, 5.41) is 13.3. The lowest BCUT2D eigenvalue weighted by molar-refractivity contribution is -0.124. The van der Waals surface area contributed by atoms with Gasteiger partial charge in [0.25, 0.3) is 5.91 Å². The van der Waals surface area contributed by atoms with E-state index in [1.165, 1.54) is 24.4 Å². The highest BCUT2D eigenvalue weighted by Crippen LogP contribution is 2.24. The van der Waals surface area contributed by atoms with Crippen molar-refractivity contribution in [1.82, 2.24) is 4.98 Å². The lowest BCUT2D eigenvalue weighted by Gasteiger charge is -2.12. The summed E-state index contributed by atoms with van der Waals surface area (Å²) in [5.74, 6) is -0.575. The number of aryl methyl sites for hydroxylation is 1. The van der Waals surface area contributed by atoms with E-state index in [0.29, 0.717) is 21.3 Å². The molecule has 2 N–H and O–H groups in total. The fourth-order valence-electron chi connectivity index (χ4n) is 1.64. The molecule has 0 aliphatic rings. The molecule has 1 atom stereocenters. The van der Waals surface area contributed by atoms with Gasteiger partial charge in [0.2, 0.25) is 0 Å². The summed E-state index contributed by atoms with van der Waals surface area (Å²) in [6, 6.07) is 7.98. The molecule has 0 aliphatic heterocycles. The van der Waals surface area contributed by atoms with Crippen LogP contribution in [0.2, 0.25) is 10.0 Å². The highest BCUT2D eigenvalue weighted by atomic mass is 35.5. The van der Waals surface area contributed by atoms with E-state index < -0.39 is 12.0 Å². The van der Waals surface area contributed by atoms with Crippen LogP contribution < -0.4 is 5.32 Å². The third-order valence-electron chi connectivity index (χ3n) is 2.63. The number of nitrogens with zero attached hydrogens (tertiary/aromatic N) is 1. The second-order valence-corrected chi connectivity index (χ2v) is 5.16. The van der Waals surface area contributed by atoms with Crippen LogP contribution in [0.25, 0.3) is 0 Å². The number of nitrogens with one attached hydrogen (secondary N) is 1. The minimum Gasteiger partial charge on any atom is -0.378 e. The molecule has 1 amide bonds. The monoisotopic (exact) mass is 310 g/mol. The number of benzene rings is 1. The number of hydrogen-bond acceptors (Lipinski definition) is 3. The Kier molecular flexibility index (Phi) is 4.60. The van der Waals surface area contributed by atoms with Crippen LogP contribution in [0.3, 0.4) is 0 Å². The number of amides is 1. The molecule has 1 aromatic heterocycles. The van der Waals surface area contributed by atoms with E-state index in [1.807, 2.05) is 6.92 Å². The van der Waals surface area contributed by atoms with Crippen LogP contribution in [0.15, 0.2) is 36.5 Å². The van der Waals surface area contributed by atoms with Crippen molar-refractivity contribution in [1.29, 1.82) is 0 Å². The molecular formula is C14H12Cl2N2O2. The Balaban J connectivity index is 2.14. The summed E-state index contributed by atoms with van der Waals surface area (Å²) in [6.07, 6.45) is 0.165. The molecule has 4 nitrogen and oxygen atoms in total. The molecule has 6 heteroatoms. The van der Waals surface area contributed by atoms with Gasteiger partial charge in [0.15, 0.2) is 6.10 Å². The third-order valence-corrected chi connectivity index (χ3v) is 3.06. The van der Waals surface area contributed by atoms with Crippen molar-refractivity contribution in [3.63, 3.8) is 0 Å². The van der Waals surface area contributed by atoms with E-state index in [9.17, 15) is 9.90 Å². The number of aliphatic hydroxyl groups is 1. The molecular weight excluding hydrogens is 299 g/mol. The van der Waals surface area contributed by atoms with Crippen molar-refractivity contribution in [3.8, 4) is 0 Å². The Morgan fingerprint density at radius 2 is 1.90 bits per heavy atom. The van der Waals surface area contributed by atoms with Gasteiger partial charge in [0.05, 0.1) is 11.9 Å². The van der Waals surface area contributed by atoms with Crippen molar-refractivity contribution >= 4 is 34.8 Å². The Bertz CT molecular complexity index is 609. The normalized spacial score (nSPS) is 12.0. The second kappa shape index (κ2) is 6.22. The maximum atomic E-state index is 11.9. The Morgan fingerprint density at radius 3 is 2.45 bits per heavy atom. The number of carbonyl (C=O) groups is 1. The van der Waals surface area contributed by atoms with Crippen molar-refractivity contribution in [3.05, 3.63) is 57.8 Å². The number of carbonyl (C=O) groups excluding carboxylic acids is 1. The first-order valence-corrected chi connectivity index (χ1v) is 6.59. The van der Waals surface area contributed by atoms with Gasteiger partial charge < -0.3 is 10.4 Å². The lowest BCUT2D eigenvalue weighted by atomic mass is 10.1. The number of rotatable bonds is 3. The van der Waals surface area contributed by atoms with Crippen LogP contribution in [0.4, 0.5) is 5.69 Å². The summed E-state index contributed by atoms with van der Waals surface area (Å²) in [7, 11) is 0. The van der Waals surface area contributed by atoms with Crippen molar-refractivity contribution in [2.75, 3.05) is 5.32 Å². The van der Waals surface area contributed by atoms with Gasteiger partial charge in [-0.25, -0.2) is 0 Å². The van der Waals surface area contributed by atoms with E-state index in [4.69, 9.17) is 23.2 Å². The quantitative estimate of drug-likeness (QED) is 0.913. The molecule has 0 aliphatic carbocycles. The van der Waals surface area contributed by atoms with Gasteiger partial charge in [-0.2, -0.15) is 0 Å². The van der Waals surface area contributed by atoms with E-state index in [2.05, 4.69) is 10.3 Å². The Labute approximate surface area is 126 Å². The lowest BCUT2D eigenvalue weighted by Crippen LogP contribution is -2.20. The topological polar surface area (TPSA) is 62.2 Å². The minimum absolute atomic E-state index is 0.333. The molecule has 20 heavy (non-hydrogen) atoms. The molecule has 0 saturated carbocycles. The van der Waals surface area contributed by atoms with Gasteiger partial charge in [0.1, 0.15) is 0 Å². The SMILES string of the molecule is Cc1ccc(NC(=O)C(O)c2cc(Cl)cc(Cl)c2)cn1. The van der Waals surface area contributed by atoms with E-state index in [-0.39, 0.29) is 0 Å². The first kappa shape index (κ1) is 14.8. The fraction of sp³-hybridized carbons (Fsp3) is 0.143. The van der Waals surface area contributed by atoms with Crippen LogP contribution in [0.5, 0.6) is 0 Å². The highest BCUT2D eigenvalue weighted by Gasteiger charge is 2.18. The molecule has 2 rings (SSSR count). The van der Waals surface area contributed by atoms with Gasteiger partial charge in [-0.05, 0) is 42.8 Å². The molecule has 0 saturated heterocycles. The van der Waals surface area contributed by atoms with E-state index in [1.54, 1.807) is 12.1 Å². The predicted octanol–water partition coefficient (Wildman–Crippen LogP) is 3.37. The molecule has 2 aromatic rings. The number of aromatic nitrogens is 1.